The molecular formula is C21H22F2N2O4S. The van der Waals surface area contributed by atoms with E-state index in [0.717, 1.165) is 10.4 Å². The molecule has 1 heterocycles. The Morgan fingerprint density at radius 2 is 1.93 bits per heavy atom. The number of halogens is 2. The van der Waals surface area contributed by atoms with Gasteiger partial charge in [-0.15, -0.1) is 0 Å². The van der Waals surface area contributed by atoms with Gasteiger partial charge in [0, 0.05) is 32.8 Å². The standard InChI is InChI=1S/C21H22F2N2O4S/c1-24(2)30(27,28)19-11-14(6-8-18(19)29-3)7-9-20(26)25-10-4-5-15-12-16(22)13-17(23)21(15)25/h6-9,11-13H,4-5,10H2,1-3H3. The van der Waals surface area contributed by atoms with Crippen LogP contribution in [0.1, 0.15) is 17.5 Å². The Bertz CT molecular complexity index is 1110. The number of amides is 1. The summed E-state index contributed by atoms with van der Waals surface area (Å²) >= 11 is 0. The van der Waals surface area contributed by atoms with Crippen molar-refractivity contribution in [3.05, 3.63) is 59.2 Å². The number of nitrogens with zero attached hydrogens (tertiary/aromatic N) is 2. The molecule has 1 amide bonds. The van der Waals surface area contributed by atoms with Crippen molar-refractivity contribution < 1.29 is 26.7 Å². The van der Waals surface area contributed by atoms with Crippen molar-refractivity contribution in [2.75, 3.05) is 32.6 Å². The van der Waals surface area contributed by atoms with E-state index < -0.39 is 27.6 Å². The van der Waals surface area contributed by atoms with Crippen LogP contribution in [-0.2, 0) is 21.2 Å². The third-order valence-corrected chi connectivity index (χ3v) is 6.67. The summed E-state index contributed by atoms with van der Waals surface area (Å²) in [5, 5.41) is 0. The molecule has 30 heavy (non-hydrogen) atoms. The van der Waals surface area contributed by atoms with Crippen LogP contribution in [0.25, 0.3) is 6.08 Å². The summed E-state index contributed by atoms with van der Waals surface area (Å²) in [5.41, 5.74) is 0.994. The van der Waals surface area contributed by atoms with Crippen LogP contribution in [0.15, 0.2) is 41.3 Å². The highest BCUT2D eigenvalue weighted by Crippen LogP contribution is 2.32. The molecule has 0 N–H and O–H groups in total. The molecule has 0 bridgehead atoms. The molecular weight excluding hydrogens is 414 g/mol. The highest BCUT2D eigenvalue weighted by molar-refractivity contribution is 7.89. The monoisotopic (exact) mass is 436 g/mol. The molecule has 0 saturated carbocycles. The molecule has 1 aliphatic heterocycles. The van der Waals surface area contributed by atoms with E-state index in [0.29, 0.717) is 30.5 Å². The first-order valence-corrected chi connectivity index (χ1v) is 10.7. The fraction of sp³-hybridized carbons (Fsp3) is 0.286. The molecule has 0 aromatic heterocycles. The second kappa shape index (κ2) is 8.53. The number of sulfonamides is 1. The lowest BCUT2D eigenvalue weighted by Gasteiger charge is -2.29. The van der Waals surface area contributed by atoms with Crippen LogP contribution in [-0.4, -0.2) is 46.4 Å². The molecule has 2 aromatic rings. The Morgan fingerprint density at radius 1 is 1.20 bits per heavy atom. The first-order valence-electron chi connectivity index (χ1n) is 9.23. The minimum Gasteiger partial charge on any atom is -0.495 e. The third-order valence-electron chi connectivity index (χ3n) is 4.84. The van der Waals surface area contributed by atoms with Crippen LogP contribution in [0.2, 0.25) is 0 Å². The van der Waals surface area contributed by atoms with E-state index in [1.165, 1.54) is 56.5 Å². The molecule has 6 nitrogen and oxygen atoms in total. The quantitative estimate of drug-likeness (QED) is 0.675. The molecule has 0 spiro atoms. The highest BCUT2D eigenvalue weighted by Gasteiger charge is 2.26. The molecule has 1 aliphatic rings. The van der Waals surface area contributed by atoms with Gasteiger partial charge in [0.05, 0.1) is 12.8 Å². The maximum absolute atomic E-state index is 14.3. The van der Waals surface area contributed by atoms with Crippen molar-refractivity contribution in [2.45, 2.75) is 17.7 Å². The summed E-state index contributed by atoms with van der Waals surface area (Å²) in [5.74, 6) is -1.75. The van der Waals surface area contributed by atoms with Crippen LogP contribution in [0.3, 0.4) is 0 Å². The van der Waals surface area contributed by atoms with Crippen LogP contribution < -0.4 is 9.64 Å². The molecule has 160 valence electrons. The van der Waals surface area contributed by atoms with E-state index in [4.69, 9.17) is 4.74 Å². The first kappa shape index (κ1) is 21.9. The average Bonchev–Trinajstić information content (AvgIpc) is 2.70. The number of rotatable bonds is 5. The van der Waals surface area contributed by atoms with E-state index in [1.807, 2.05) is 0 Å². The Morgan fingerprint density at radius 3 is 2.60 bits per heavy atom. The van der Waals surface area contributed by atoms with E-state index in [2.05, 4.69) is 0 Å². The number of aryl methyl sites for hydroxylation is 1. The zero-order valence-corrected chi connectivity index (χ0v) is 17.7. The predicted molar refractivity (Wildman–Crippen MR) is 110 cm³/mol. The number of carbonyl (C=O) groups is 1. The van der Waals surface area contributed by atoms with Gasteiger partial charge >= 0.3 is 0 Å². The lowest BCUT2D eigenvalue weighted by atomic mass is 10.0. The van der Waals surface area contributed by atoms with Crippen molar-refractivity contribution in [1.29, 1.82) is 0 Å². The van der Waals surface area contributed by atoms with Gasteiger partial charge in [-0.25, -0.2) is 21.5 Å². The topological polar surface area (TPSA) is 66.9 Å². The zero-order chi connectivity index (χ0) is 22.1. The Hall–Kier alpha value is -2.78. The van der Waals surface area contributed by atoms with E-state index >= 15 is 0 Å². The number of anilines is 1. The molecule has 3 rings (SSSR count). The predicted octanol–water partition coefficient (Wildman–Crippen LogP) is 3.22. The number of methoxy groups -OCH3 is 1. The lowest BCUT2D eigenvalue weighted by Crippen LogP contribution is -2.35. The van der Waals surface area contributed by atoms with Gasteiger partial charge in [0.15, 0.2) is 0 Å². The SMILES string of the molecule is COc1ccc(C=CC(=O)N2CCCc3cc(F)cc(F)c32)cc1S(=O)(=O)N(C)C. The normalized spacial score (nSPS) is 14.3. The summed E-state index contributed by atoms with van der Waals surface area (Å²) in [7, 11) is 0.430. The van der Waals surface area contributed by atoms with E-state index in [-0.39, 0.29) is 16.3 Å². The van der Waals surface area contributed by atoms with Crippen molar-refractivity contribution >= 4 is 27.7 Å². The van der Waals surface area contributed by atoms with Crippen LogP contribution >= 0.6 is 0 Å². The smallest absolute Gasteiger partial charge is 0.251 e. The number of carbonyl (C=O) groups excluding carboxylic acids is 1. The maximum atomic E-state index is 14.3. The molecule has 0 saturated heterocycles. The highest BCUT2D eigenvalue weighted by atomic mass is 32.2. The summed E-state index contributed by atoms with van der Waals surface area (Å²) in [6.07, 6.45) is 3.77. The third kappa shape index (κ3) is 4.22. The fourth-order valence-corrected chi connectivity index (χ4v) is 4.41. The van der Waals surface area contributed by atoms with Gasteiger partial charge in [0.2, 0.25) is 10.0 Å². The van der Waals surface area contributed by atoms with Gasteiger partial charge in [-0.3, -0.25) is 4.79 Å². The summed E-state index contributed by atoms with van der Waals surface area (Å²) in [6.45, 7) is 0.307. The first-order chi connectivity index (χ1) is 14.1. The number of fused-ring (bicyclic) bond motifs is 1. The second-order valence-corrected chi connectivity index (χ2v) is 9.14. The van der Waals surface area contributed by atoms with Crippen molar-refractivity contribution in [3.8, 4) is 5.75 Å². The largest absolute Gasteiger partial charge is 0.495 e. The van der Waals surface area contributed by atoms with Crippen molar-refractivity contribution in [2.24, 2.45) is 0 Å². The molecule has 0 unspecified atom stereocenters. The number of hydrogen-bond acceptors (Lipinski definition) is 4. The lowest BCUT2D eigenvalue weighted by molar-refractivity contribution is -0.114. The Kier molecular flexibility index (Phi) is 6.23. The van der Waals surface area contributed by atoms with Gasteiger partial charge in [-0.2, -0.15) is 0 Å². The minimum atomic E-state index is -3.76. The molecule has 0 atom stereocenters. The van der Waals surface area contributed by atoms with Crippen LogP contribution in [0.5, 0.6) is 5.75 Å². The molecule has 0 fully saturated rings. The summed E-state index contributed by atoms with van der Waals surface area (Å²) in [4.78, 5) is 13.9. The number of benzene rings is 2. The Balaban J connectivity index is 1.92. The fourth-order valence-electron chi connectivity index (χ4n) is 3.32. The average molecular weight is 436 g/mol. The van der Waals surface area contributed by atoms with Crippen molar-refractivity contribution in [3.63, 3.8) is 0 Å². The zero-order valence-electron chi connectivity index (χ0n) is 16.9. The van der Waals surface area contributed by atoms with Gasteiger partial charge < -0.3 is 9.64 Å². The molecule has 2 aromatic carbocycles. The van der Waals surface area contributed by atoms with Gasteiger partial charge in [-0.1, -0.05) is 6.07 Å². The molecule has 9 heteroatoms. The molecule has 0 radical (unpaired) electrons. The number of hydrogen-bond donors (Lipinski definition) is 0. The number of ether oxygens (including phenoxy) is 1. The van der Waals surface area contributed by atoms with Crippen LogP contribution in [0, 0.1) is 11.6 Å². The summed E-state index contributed by atoms with van der Waals surface area (Å²) < 4.78 is 59.1. The van der Waals surface area contributed by atoms with Gasteiger partial charge in [0.25, 0.3) is 5.91 Å². The van der Waals surface area contributed by atoms with Gasteiger partial charge in [0.1, 0.15) is 22.3 Å². The van der Waals surface area contributed by atoms with E-state index in [1.54, 1.807) is 6.07 Å². The van der Waals surface area contributed by atoms with Gasteiger partial charge in [-0.05, 0) is 48.2 Å². The molecule has 0 aliphatic carbocycles. The van der Waals surface area contributed by atoms with E-state index in [9.17, 15) is 22.0 Å². The Labute approximate surface area is 174 Å². The van der Waals surface area contributed by atoms with Crippen molar-refractivity contribution in [1.82, 2.24) is 4.31 Å². The second-order valence-electron chi connectivity index (χ2n) is 7.02. The maximum Gasteiger partial charge on any atom is 0.251 e. The minimum absolute atomic E-state index is 0.0329. The summed E-state index contributed by atoms with van der Waals surface area (Å²) in [6, 6.07) is 6.51. The van der Waals surface area contributed by atoms with Crippen LogP contribution in [0.4, 0.5) is 14.5 Å².